The van der Waals surface area contributed by atoms with Crippen LogP contribution >= 0.6 is 11.8 Å². The van der Waals surface area contributed by atoms with E-state index in [0.29, 0.717) is 4.90 Å². The maximum Gasteiger partial charge on any atom is 0.278 e. The smallest absolute Gasteiger partial charge is 0.278 e. The van der Waals surface area contributed by atoms with Gasteiger partial charge in [0, 0.05) is 35.0 Å². The van der Waals surface area contributed by atoms with Crippen LogP contribution in [-0.2, 0) is 10.5 Å². The molecule has 1 N–H and O–H groups in total. The molecule has 0 spiro atoms. The summed E-state index contributed by atoms with van der Waals surface area (Å²) in [6.45, 7) is 0.320. The zero-order valence-electron chi connectivity index (χ0n) is 18.4. The summed E-state index contributed by atoms with van der Waals surface area (Å²) in [5, 5.41) is 12.1. The number of rotatable bonds is 1. The van der Waals surface area contributed by atoms with E-state index in [-0.39, 0.29) is 47.9 Å². The molecule has 3 aromatic rings. The number of aromatic nitrogens is 1. The number of ether oxygens (including phenoxy) is 1. The molecule has 1 aromatic heterocycles. The quantitative estimate of drug-likeness (QED) is 0.498. The van der Waals surface area contributed by atoms with Gasteiger partial charge in [0.2, 0.25) is 5.43 Å². The number of amides is 1. The summed E-state index contributed by atoms with van der Waals surface area (Å²) in [6.07, 6.45) is 0.453. The molecule has 1 fully saturated rings. The molecule has 1 saturated heterocycles. The summed E-state index contributed by atoms with van der Waals surface area (Å²) in [4.78, 5) is 27.2. The molecule has 186 valence electrons. The molecule has 3 aliphatic heterocycles. The maximum atomic E-state index is 15.1. The van der Waals surface area contributed by atoms with E-state index in [1.807, 2.05) is 0 Å². The van der Waals surface area contributed by atoms with E-state index in [2.05, 4.69) is 0 Å². The van der Waals surface area contributed by atoms with Crippen molar-refractivity contribution in [3.05, 3.63) is 92.4 Å². The van der Waals surface area contributed by atoms with E-state index in [9.17, 15) is 27.9 Å². The third kappa shape index (κ3) is 3.24. The first-order valence-electron chi connectivity index (χ1n) is 11.0. The SMILES string of the molecule is O=C1c2c(O)c(=O)ccn2N([C@@H]2c3cc(F)c(F)cc3SCc3c2ccc(F)c3F)[C@@H]2COCCN12. The van der Waals surface area contributed by atoms with Gasteiger partial charge in [0.25, 0.3) is 5.91 Å². The highest BCUT2D eigenvalue weighted by Crippen LogP contribution is 2.45. The van der Waals surface area contributed by atoms with Crippen LogP contribution in [0.15, 0.2) is 46.2 Å². The number of hydrogen-bond donors (Lipinski definition) is 1. The van der Waals surface area contributed by atoms with Crippen molar-refractivity contribution in [3.8, 4) is 5.75 Å². The van der Waals surface area contributed by atoms with Gasteiger partial charge in [0.1, 0.15) is 6.17 Å². The minimum atomic E-state index is -1.14. The van der Waals surface area contributed by atoms with E-state index in [4.69, 9.17) is 4.74 Å². The van der Waals surface area contributed by atoms with Crippen LogP contribution < -0.4 is 10.4 Å². The molecule has 0 unspecified atom stereocenters. The Labute approximate surface area is 205 Å². The average molecular weight is 519 g/mol. The van der Waals surface area contributed by atoms with Gasteiger partial charge in [-0.25, -0.2) is 17.6 Å². The molecule has 1 amide bonds. The van der Waals surface area contributed by atoms with Crippen molar-refractivity contribution in [2.75, 3.05) is 24.8 Å². The molecule has 2 aromatic carbocycles. The molecule has 36 heavy (non-hydrogen) atoms. The molecule has 2 atom stereocenters. The number of nitrogens with zero attached hydrogens (tertiary/aromatic N) is 3. The Hall–Kier alpha value is -3.51. The van der Waals surface area contributed by atoms with Gasteiger partial charge in [0.15, 0.2) is 34.7 Å². The van der Waals surface area contributed by atoms with Gasteiger partial charge in [-0.1, -0.05) is 6.07 Å². The topological polar surface area (TPSA) is 75.0 Å². The molecule has 12 heteroatoms. The van der Waals surface area contributed by atoms with E-state index in [0.717, 1.165) is 36.0 Å². The lowest BCUT2D eigenvalue weighted by atomic mass is 9.93. The second-order valence-corrected chi connectivity index (χ2v) is 9.60. The molecule has 4 heterocycles. The number of carbonyl (C=O) groups excluding carboxylic acids is 1. The Kier molecular flexibility index (Phi) is 5.27. The third-order valence-electron chi connectivity index (χ3n) is 6.69. The first-order valence-corrected chi connectivity index (χ1v) is 12.0. The Morgan fingerprint density at radius 3 is 2.58 bits per heavy atom. The lowest BCUT2D eigenvalue weighted by Crippen LogP contribution is -2.66. The number of fused-ring (bicyclic) bond motifs is 4. The van der Waals surface area contributed by atoms with Gasteiger partial charge in [0.05, 0.1) is 19.3 Å². The van der Waals surface area contributed by atoms with Crippen molar-refractivity contribution in [2.45, 2.75) is 22.9 Å². The fourth-order valence-electron chi connectivity index (χ4n) is 5.03. The lowest BCUT2D eigenvalue weighted by molar-refractivity contribution is -0.0198. The minimum Gasteiger partial charge on any atom is -0.502 e. The summed E-state index contributed by atoms with van der Waals surface area (Å²) >= 11 is 1.02. The monoisotopic (exact) mass is 519 g/mol. The Morgan fingerprint density at radius 1 is 1.00 bits per heavy atom. The van der Waals surface area contributed by atoms with Gasteiger partial charge < -0.3 is 14.7 Å². The fraction of sp³-hybridized carbons (Fsp3) is 0.250. The van der Waals surface area contributed by atoms with E-state index >= 15 is 4.39 Å². The highest BCUT2D eigenvalue weighted by atomic mass is 32.2. The van der Waals surface area contributed by atoms with Gasteiger partial charge in [-0.3, -0.25) is 19.3 Å². The Balaban J connectivity index is 1.69. The second kappa shape index (κ2) is 8.27. The predicted molar refractivity (Wildman–Crippen MR) is 120 cm³/mol. The molecular formula is C24H17F4N3O4S. The zero-order chi connectivity index (χ0) is 25.3. The van der Waals surface area contributed by atoms with Crippen LogP contribution in [0.4, 0.5) is 17.6 Å². The summed E-state index contributed by atoms with van der Waals surface area (Å²) in [5.41, 5.74) is -0.609. The van der Waals surface area contributed by atoms with Crippen LogP contribution in [0.3, 0.4) is 0 Å². The molecule has 0 saturated carbocycles. The number of thioether (sulfide) groups is 1. The van der Waals surface area contributed by atoms with Crippen molar-refractivity contribution in [1.29, 1.82) is 0 Å². The summed E-state index contributed by atoms with van der Waals surface area (Å²) in [5.74, 6) is -5.87. The van der Waals surface area contributed by atoms with Gasteiger partial charge in [-0.2, -0.15) is 0 Å². The van der Waals surface area contributed by atoms with E-state index in [1.54, 1.807) is 5.01 Å². The predicted octanol–water partition coefficient (Wildman–Crippen LogP) is 3.26. The third-order valence-corrected chi connectivity index (χ3v) is 7.78. The average Bonchev–Trinajstić information content (AvgIpc) is 3.01. The molecule has 0 bridgehead atoms. The highest BCUT2D eigenvalue weighted by molar-refractivity contribution is 7.98. The summed E-state index contributed by atoms with van der Waals surface area (Å²) in [6, 6.07) is 4.29. The minimum absolute atomic E-state index is 0.000266. The summed E-state index contributed by atoms with van der Waals surface area (Å²) in [7, 11) is 0. The van der Waals surface area contributed by atoms with E-state index < -0.39 is 52.6 Å². The highest BCUT2D eigenvalue weighted by Gasteiger charge is 2.46. The lowest BCUT2D eigenvalue weighted by Gasteiger charge is -2.51. The second-order valence-electron chi connectivity index (χ2n) is 8.58. The van der Waals surface area contributed by atoms with Crippen LogP contribution in [0.25, 0.3) is 0 Å². The van der Waals surface area contributed by atoms with Crippen molar-refractivity contribution in [1.82, 2.24) is 9.58 Å². The Morgan fingerprint density at radius 2 is 1.78 bits per heavy atom. The van der Waals surface area contributed by atoms with Crippen LogP contribution in [0, 0.1) is 23.3 Å². The molecule has 6 rings (SSSR count). The van der Waals surface area contributed by atoms with Crippen molar-refractivity contribution < 1.29 is 32.2 Å². The van der Waals surface area contributed by atoms with Crippen LogP contribution in [0.5, 0.6) is 5.75 Å². The van der Waals surface area contributed by atoms with Crippen LogP contribution in [0.2, 0.25) is 0 Å². The largest absolute Gasteiger partial charge is 0.502 e. The first-order chi connectivity index (χ1) is 17.3. The van der Waals surface area contributed by atoms with Crippen LogP contribution in [0.1, 0.15) is 33.2 Å². The number of carbonyl (C=O) groups is 1. The normalized spacial score (nSPS) is 20.8. The standard InChI is InChI=1S/C24H17F4N3O4S/c25-14-2-1-11-13(20(14)28)10-36-18-8-16(27)15(26)7-12(18)21(11)31-19-9-35-6-5-29(19)24(34)22-23(33)17(32)3-4-30(22)31/h1-4,7-8,19,21,33H,5-6,9-10H2/t19-,21+/m1/s1. The van der Waals surface area contributed by atoms with Crippen LogP contribution in [-0.4, -0.2) is 46.5 Å². The number of benzene rings is 2. The molecule has 0 radical (unpaired) electrons. The number of morpholine rings is 1. The summed E-state index contributed by atoms with van der Waals surface area (Å²) < 4.78 is 65.0. The number of halogens is 4. The molecule has 7 nitrogen and oxygen atoms in total. The fourth-order valence-corrected chi connectivity index (χ4v) is 6.14. The molecule has 0 aliphatic carbocycles. The molecule has 3 aliphatic rings. The van der Waals surface area contributed by atoms with Crippen molar-refractivity contribution in [3.63, 3.8) is 0 Å². The van der Waals surface area contributed by atoms with Gasteiger partial charge in [-0.15, -0.1) is 11.8 Å². The Bertz CT molecular complexity index is 1500. The number of hydrogen-bond acceptors (Lipinski definition) is 6. The van der Waals surface area contributed by atoms with Gasteiger partial charge >= 0.3 is 0 Å². The van der Waals surface area contributed by atoms with Gasteiger partial charge in [-0.05, 0) is 29.3 Å². The molecular weight excluding hydrogens is 502 g/mol. The van der Waals surface area contributed by atoms with E-state index in [1.165, 1.54) is 21.8 Å². The number of aromatic hydroxyl groups is 1. The van der Waals surface area contributed by atoms with Crippen molar-refractivity contribution in [2.24, 2.45) is 0 Å². The zero-order valence-corrected chi connectivity index (χ0v) is 19.2. The maximum absolute atomic E-state index is 15.1. The van der Waals surface area contributed by atoms with Crippen molar-refractivity contribution >= 4 is 17.7 Å². The number of pyridine rings is 1. The first kappa shape index (κ1) is 22.9.